The number of aryl methyl sites for hydroxylation is 1. The number of ether oxygens (including phenoxy) is 1. The van der Waals surface area contributed by atoms with Crippen LogP contribution in [-0.4, -0.2) is 67.4 Å². The molecule has 0 bridgehead atoms. The van der Waals surface area contributed by atoms with Gasteiger partial charge in [-0.15, -0.1) is 0 Å². The summed E-state index contributed by atoms with van der Waals surface area (Å²) in [5, 5.41) is 3.02. The number of hydrogen-bond donors (Lipinski definition) is 1. The van der Waals surface area contributed by atoms with E-state index in [4.69, 9.17) is 4.74 Å². The summed E-state index contributed by atoms with van der Waals surface area (Å²) < 4.78 is 5.44. The van der Waals surface area contributed by atoms with Crippen molar-refractivity contribution in [2.24, 2.45) is 0 Å². The van der Waals surface area contributed by atoms with Gasteiger partial charge in [-0.3, -0.25) is 4.90 Å². The molecule has 0 aliphatic carbocycles. The summed E-state index contributed by atoms with van der Waals surface area (Å²) in [5.41, 5.74) is 1.15. The van der Waals surface area contributed by atoms with E-state index in [9.17, 15) is 0 Å². The molecule has 0 aromatic carbocycles. The van der Waals surface area contributed by atoms with Crippen LogP contribution in [0.1, 0.15) is 12.0 Å². The minimum Gasteiger partial charge on any atom is -0.379 e. The van der Waals surface area contributed by atoms with Crippen LogP contribution in [0.4, 0.5) is 11.8 Å². The first-order valence-electron chi connectivity index (χ1n) is 7.36. The molecule has 1 aromatic heterocycles. The summed E-state index contributed by atoms with van der Waals surface area (Å²) in [7, 11) is 1.86. The predicted molar refractivity (Wildman–Crippen MR) is 79.3 cm³/mol. The third-order valence-electron chi connectivity index (χ3n) is 4.19. The predicted octanol–water partition coefficient (Wildman–Crippen LogP) is 0.738. The first-order chi connectivity index (χ1) is 9.78. The number of nitrogens with zero attached hydrogens (tertiary/aromatic N) is 4. The zero-order valence-electron chi connectivity index (χ0n) is 12.3. The molecule has 0 spiro atoms. The van der Waals surface area contributed by atoms with Gasteiger partial charge in [-0.25, -0.2) is 4.98 Å². The van der Waals surface area contributed by atoms with E-state index in [2.05, 4.69) is 32.0 Å². The van der Waals surface area contributed by atoms with Gasteiger partial charge < -0.3 is 15.0 Å². The number of aromatic nitrogens is 2. The average molecular weight is 277 g/mol. The van der Waals surface area contributed by atoms with E-state index in [1.165, 1.54) is 6.42 Å². The maximum atomic E-state index is 5.44. The van der Waals surface area contributed by atoms with Crippen molar-refractivity contribution in [1.82, 2.24) is 14.9 Å². The van der Waals surface area contributed by atoms with Gasteiger partial charge in [0, 0.05) is 51.0 Å². The molecule has 2 aliphatic heterocycles. The largest absolute Gasteiger partial charge is 0.379 e. The van der Waals surface area contributed by atoms with E-state index in [0.717, 1.165) is 50.8 Å². The summed E-state index contributed by atoms with van der Waals surface area (Å²) >= 11 is 0. The topological polar surface area (TPSA) is 53.5 Å². The highest BCUT2D eigenvalue weighted by atomic mass is 16.5. The second-order valence-corrected chi connectivity index (χ2v) is 5.49. The minimum atomic E-state index is 0.631. The molecule has 6 nitrogen and oxygen atoms in total. The van der Waals surface area contributed by atoms with Crippen molar-refractivity contribution >= 4 is 11.8 Å². The van der Waals surface area contributed by atoms with Crippen molar-refractivity contribution in [2.45, 2.75) is 19.4 Å². The van der Waals surface area contributed by atoms with Crippen LogP contribution in [0.3, 0.4) is 0 Å². The molecule has 110 valence electrons. The van der Waals surface area contributed by atoms with E-state index in [0.29, 0.717) is 12.0 Å². The molecule has 1 atom stereocenters. The number of anilines is 2. The molecular formula is C14H23N5O. The molecule has 6 heteroatoms. The van der Waals surface area contributed by atoms with Crippen molar-refractivity contribution in [2.75, 3.05) is 56.7 Å². The van der Waals surface area contributed by atoms with Gasteiger partial charge in [0.2, 0.25) is 5.95 Å². The normalized spacial score (nSPS) is 24.1. The van der Waals surface area contributed by atoms with Gasteiger partial charge in [-0.1, -0.05) is 0 Å². The maximum absolute atomic E-state index is 5.44. The molecule has 2 fully saturated rings. The van der Waals surface area contributed by atoms with E-state index < -0.39 is 0 Å². The molecule has 1 aromatic rings. The van der Waals surface area contributed by atoms with E-state index in [-0.39, 0.29) is 0 Å². The summed E-state index contributed by atoms with van der Waals surface area (Å²) in [6, 6.07) is 0.631. The Morgan fingerprint density at radius 1 is 1.30 bits per heavy atom. The van der Waals surface area contributed by atoms with Crippen molar-refractivity contribution in [3.05, 3.63) is 11.8 Å². The molecule has 20 heavy (non-hydrogen) atoms. The molecule has 2 saturated heterocycles. The fraction of sp³-hybridized carbons (Fsp3) is 0.714. The van der Waals surface area contributed by atoms with Gasteiger partial charge in [-0.05, 0) is 13.3 Å². The second kappa shape index (κ2) is 5.93. The van der Waals surface area contributed by atoms with Gasteiger partial charge in [-0.2, -0.15) is 4.98 Å². The third kappa shape index (κ3) is 2.71. The van der Waals surface area contributed by atoms with Gasteiger partial charge in [0.05, 0.1) is 13.2 Å². The fourth-order valence-corrected chi connectivity index (χ4v) is 3.05. The van der Waals surface area contributed by atoms with Crippen LogP contribution in [0.5, 0.6) is 0 Å². The Hall–Kier alpha value is -1.40. The SMILES string of the molecule is CNc1ncc(C)c(N2CCC(N3CCOCC3)C2)n1. The van der Waals surface area contributed by atoms with E-state index in [1.54, 1.807) is 0 Å². The van der Waals surface area contributed by atoms with Crippen LogP contribution in [0, 0.1) is 6.92 Å². The Bertz CT molecular complexity index is 461. The summed E-state index contributed by atoms with van der Waals surface area (Å²) in [6.07, 6.45) is 3.11. The van der Waals surface area contributed by atoms with Crippen molar-refractivity contribution < 1.29 is 4.74 Å². The second-order valence-electron chi connectivity index (χ2n) is 5.49. The summed E-state index contributed by atoms with van der Waals surface area (Å²) in [6.45, 7) is 8.06. The van der Waals surface area contributed by atoms with Crippen molar-refractivity contribution in [3.8, 4) is 0 Å². The highest BCUT2D eigenvalue weighted by Gasteiger charge is 2.30. The highest BCUT2D eigenvalue weighted by Crippen LogP contribution is 2.25. The minimum absolute atomic E-state index is 0.631. The number of hydrogen-bond acceptors (Lipinski definition) is 6. The molecule has 1 unspecified atom stereocenters. The lowest BCUT2D eigenvalue weighted by atomic mass is 10.2. The van der Waals surface area contributed by atoms with Crippen LogP contribution in [0.25, 0.3) is 0 Å². The zero-order chi connectivity index (χ0) is 13.9. The smallest absolute Gasteiger partial charge is 0.224 e. The van der Waals surface area contributed by atoms with Gasteiger partial charge in [0.1, 0.15) is 5.82 Å². The first kappa shape index (κ1) is 13.6. The van der Waals surface area contributed by atoms with Crippen LogP contribution >= 0.6 is 0 Å². The van der Waals surface area contributed by atoms with Crippen LogP contribution < -0.4 is 10.2 Å². The fourth-order valence-electron chi connectivity index (χ4n) is 3.05. The lowest BCUT2D eigenvalue weighted by molar-refractivity contribution is 0.0209. The quantitative estimate of drug-likeness (QED) is 0.879. The number of rotatable bonds is 3. The Morgan fingerprint density at radius 2 is 2.10 bits per heavy atom. The summed E-state index contributed by atoms with van der Waals surface area (Å²) in [5.74, 6) is 1.76. The lowest BCUT2D eigenvalue weighted by Crippen LogP contribution is -2.44. The van der Waals surface area contributed by atoms with Crippen LogP contribution in [-0.2, 0) is 4.74 Å². The third-order valence-corrected chi connectivity index (χ3v) is 4.19. The molecule has 2 aliphatic rings. The molecule has 3 heterocycles. The highest BCUT2D eigenvalue weighted by molar-refractivity contribution is 5.49. The monoisotopic (exact) mass is 277 g/mol. The van der Waals surface area contributed by atoms with Crippen LogP contribution in [0.2, 0.25) is 0 Å². The number of nitrogens with one attached hydrogen (secondary N) is 1. The molecule has 0 radical (unpaired) electrons. The molecule has 0 saturated carbocycles. The standard InChI is InChI=1S/C14H23N5O/c1-11-9-16-14(15-2)17-13(11)19-4-3-12(10-19)18-5-7-20-8-6-18/h9,12H,3-8,10H2,1-2H3,(H,15,16,17). The maximum Gasteiger partial charge on any atom is 0.224 e. The van der Waals surface area contributed by atoms with Crippen LogP contribution in [0.15, 0.2) is 6.20 Å². The summed E-state index contributed by atoms with van der Waals surface area (Å²) in [4.78, 5) is 13.8. The van der Waals surface area contributed by atoms with Crippen molar-refractivity contribution in [3.63, 3.8) is 0 Å². The van der Waals surface area contributed by atoms with Gasteiger partial charge >= 0.3 is 0 Å². The van der Waals surface area contributed by atoms with Gasteiger partial charge in [0.15, 0.2) is 0 Å². The Balaban J connectivity index is 1.70. The Kier molecular flexibility index (Phi) is 4.03. The molecular weight excluding hydrogens is 254 g/mol. The Labute approximate surface area is 120 Å². The van der Waals surface area contributed by atoms with Crippen molar-refractivity contribution in [1.29, 1.82) is 0 Å². The molecule has 3 rings (SSSR count). The first-order valence-corrected chi connectivity index (χ1v) is 7.36. The lowest BCUT2D eigenvalue weighted by Gasteiger charge is -2.32. The zero-order valence-corrected chi connectivity index (χ0v) is 12.3. The molecule has 0 amide bonds. The average Bonchev–Trinajstić information content (AvgIpc) is 2.98. The molecule has 1 N–H and O–H groups in total. The van der Waals surface area contributed by atoms with E-state index >= 15 is 0 Å². The number of morpholine rings is 1. The van der Waals surface area contributed by atoms with E-state index in [1.807, 2.05) is 13.2 Å². The Morgan fingerprint density at radius 3 is 2.85 bits per heavy atom. The van der Waals surface area contributed by atoms with Gasteiger partial charge in [0.25, 0.3) is 0 Å².